The maximum Gasteiger partial charge on any atom is 0.332 e. The van der Waals surface area contributed by atoms with Crippen molar-refractivity contribution in [3.63, 3.8) is 0 Å². The Bertz CT molecular complexity index is 360. The van der Waals surface area contributed by atoms with Crippen molar-refractivity contribution in [2.75, 3.05) is 13.1 Å². The van der Waals surface area contributed by atoms with E-state index in [1.54, 1.807) is 0 Å². The van der Waals surface area contributed by atoms with Gasteiger partial charge in [-0.1, -0.05) is 20.3 Å². The van der Waals surface area contributed by atoms with Crippen molar-refractivity contribution in [1.82, 2.24) is 4.90 Å². The van der Waals surface area contributed by atoms with Crippen LogP contribution in [0.1, 0.15) is 46.0 Å². The van der Waals surface area contributed by atoms with E-state index in [1.807, 2.05) is 4.90 Å². The van der Waals surface area contributed by atoms with E-state index in [9.17, 15) is 9.59 Å². The van der Waals surface area contributed by atoms with E-state index in [1.165, 1.54) is 0 Å². The number of nitrogens with zero attached hydrogens (tertiary/aromatic N) is 1. The van der Waals surface area contributed by atoms with Crippen molar-refractivity contribution >= 4 is 11.9 Å². The van der Waals surface area contributed by atoms with Crippen LogP contribution in [-0.4, -0.2) is 47.2 Å². The Labute approximate surface area is 113 Å². The van der Waals surface area contributed by atoms with Crippen LogP contribution in [0.15, 0.2) is 0 Å². The molecule has 2 fully saturated rings. The van der Waals surface area contributed by atoms with Crippen molar-refractivity contribution in [3.8, 4) is 0 Å². The third-order valence-corrected chi connectivity index (χ3v) is 4.71. The van der Waals surface area contributed by atoms with Crippen molar-refractivity contribution in [1.29, 1.82) is 0 Å². The zero-order valence-corrected chi connectivity index (χ0v) is 11.7. The van der Waals surface area contributed by atoms with Gasteiger partial charge < -0.3 is 14.7 Å². The van der Waals surface area contributed by atoms with Gasteiger partial charge in [-0.05, 0) is 31.1 Å². The number of likely N-dealkylation sites (tertiary alicyclic amines) is 1. The first-order valence-corrected chi connectivity index (χ1v) is 7.12. The van der Waals surface area contributed by atoms with E-state index < -0.39 is 18.2 Å². The summed E-state index contributed by atoms with van der Waals surface area (Å²) in [4.78, 5) is 24.9. The molecule has 108 valence electrons. The average molecular weight is 269 g/mol. The van der Waals surface area contributed by atoms with E-state index in [0.29, 0.717) is 18.3 Å². The summed E-state index contributed by atoms with van der Waals surface area (Å²) in [6, 6.07) is 0. The molecule has 1 amide bonds. The number of hydrogen-bond acceptors (Lipinski definition) is 3. The number of piperidine rings is 1. The van der Waals surface area contributed by atoms with Gasteiger partial charge in [0.05, 0.1) is 0 Å². The minimum atomic E-state index is -0.965. The van der Waals surface area contributed by atoms with Gasteiger partial charge >= 0.3 is 5.97 Å². The highest BCUT2D eigenvalue weighted by Gasteiger charge is 2.38. The van der Waals surface area contributed by atoms with Gasteiger partial charge in [-0.15, -0.1) is 0 Å². The zero-order valence-electron chi connectivity index (χ0n) is 11.7. The summed E-state index contributed by atoms with van der Waals surface area (Å²) in [5.74, 6) is -0.991. The number of aliphatic carboxylic acids is 1. The summed E-state index contributed by atoms with van der Waals surface area (Å²) < 4.78 is 5.33. The molecule has 2 aliphatic rings. The Balaban J connectivity index is 1.87. The van der Waals surface area contributed by atoms with Crippen LogP contribution in [0.3, 0.4) is 0 Å². The van der Waals surface area contributed by atoms with Gasteiger partial charge in [-0.25, -0.2) is 4.79 Å². The van der Waals surface area contributed by atoms with Gasteiger partial charge in [0.1, 0.15) is 6.10 Å². The monoisotopic (exact) mass is 269 g/mol. The zero-order chi connectivity index (χ0) is 14.0. The maximum atomic E-state index is 12.3. The van der Waals surface area contributed by atoms with Crippen molar-refractivity contribution < 1.29 is 19.4 Å². The molecule has 19 heavy (non-hydrogen) atoms. The summed E-state index contributed by atoms with van der Waals surface area (Å²) in [6.45, 7) is 5.98. The fraction of sp³-hybridized carbons (Fsp3) is 0.857. The second-order valence-electron chi connectivity index (χ2n) is 6.02. The SMILES string of the molecule is CCC1(C)CCN(C(=O)C2CCC(C(=O)O)O2)CC1. The first-order valence-electron chi connectivity index (χ1n) is 7.12. The van der Waals surface area contributed by atoms with E-state index in [0.717, 1.165) is 32.4 Å². The van der Waals surface area contributed by atoms with Gasteiger partial charge in [-0.2, -0.15) is 0 Å². The Morgan fingerprint density at radius 1 is 1.26 bits per heavy atom. The van der Waals surface area contributed by atoms with Crippen LogP contribution in [0.2, 0.25) is 0 Å². The van der Waals surface area contributed by atoms with Gasteiger partial charge in [0.15, 0.2) is 6.10 Å². The third kappa shape index (κ3) is 3.08. The molecular formula is C14H23NO4. The highest BCUT2D eigenvalue weighted by molar-refractivity contribution is 5.82. The molecule has 1 N–H and O–H groups in total. The molecule has 5 heteroatoms. The normalized spacial score (nSPS) is 30.3. The number of hydrogen-bond donors (Lipinski definition) is 1. The smallest absolute Gasteiger partial charge is 0.332 e. The van der Waals surface area contributed by atoms with E-state index in [2.05, 4.69) is 13.8 Å². The predicted octanol–water partition coefficient (Wildman–Crippen LogP) is 1.66. The fourth-order valence-electron chi connectivity index (χ4n) is 2.82. The minimum Gasteiger partial charge on any atom is -0.479 e. The molecule has 0 aromatic rings. The van der Waals surface area contributed by atoms with Crippen LogP contribution in [0.25, 0.3) is 0 Å². The number of carbonyl (C=O) groups excluding carboxylic acids is 1. The molecule has 5 nitrogen and oxygen atoms in total. The molecule has 2 aliphatic heterocycles. The van der Waals surface area contributed by atoms with Crippen LogP contribution in [-0.2, 0) is 14.3 Å². The maximum absolute atomic E-state index is 12.3. The minimum absolute atomic E-state index is 0.0260. The molecular weight excluding hydrogens is 246 g/mol. The third-order valence-electron chi connectivity index (χ3n) is 4.71. The Hall–Kier alpha value is -1.10. The molecule has 2 saturated heterocycles. The quantitative estimate of drug-likeness (QED) is 0.846. The lowest BCUT2D eigenvalue weighted by molar-refractivity contribution is -0.155. The lowest BCUT2D eigenvalue weighted by atomic mass is 9.78. The number of rotatable bonds is 3. The number of carboxylic acids is 1. The summed E-state index contributed by atoms with van der Waals surface area (Å²) in [5.41, 5.74) is 0.344. The van der Waals surface area contributed by atoms with Crippen LogP contribution in [0, 0.1) is 5.41 Å². The van der Waals surface area contributed by atoms with Gasteiger partial charge in [0.25, 0.3) is 5.91 Å². The Morgan fingerprint density at radius 3 is 2.32 bits per heavy atom. The number of ether oxygens (including phenoxy) is 1. The predicted molar refractivity (Wildman–Crippen MR) is 69.7 cm³/mol. The van der Waals surface area contributed by atoms with Crippen LogP contribution >= 0.6 is 0 Å². The van der Waals surface area contributed by atoms with Crippen molar-refractivity contribution in [2.24, 2.45) is 5.41 Å². The molecule has 0 radical (unpaired) electrons. The Morgan fingerprint density at radius 2 is 1.84 bits per heavy atom. The van der Waals surface area contributed by atoms with Crippen LogP contribution in [0.4, 0.5) is 0 Å². The largest absolute Gasteiger partial charge is 0.479 e. The van der Waals surface area contributed by atoms with Crippen LogP contribution in [0.5, 0.6) is 0 Å². The van der Waals surface area contributed by atoms with Crippen LogP contribution < -0.4 is 0 Å². The highest BCUT2D eigenvalue weighted by Crippen LogP contribution is 2.34. The second kappa shape index (κ2) is 5.49. The van der Waals surface area contributed by atoms with Crippen molar-refractivity contribution in [2.45, 2.75) is 58.2 Å². The Kier molecular flexibility index (Phi) is 4.13. The number of amides is 1. The van der Waals surface area contributed by atoms with E-state index in [4.69, 9.17) is 9.84 Å². The molecule has 0 bridgehead atoms. The lowest BCUT2D eigenvalue weighted by Gasteiger charge is -2.39. The lowest BCUT2D eigenvalue weighted by Crippen LogP contribution is -2.46. The molecule has 2 unspecified atom stereocenters. The molecule has 2 heterocycles. The second-order valence-corrected chi connectivity index (χ2v) is 6.02. The van der Waals surface area contributed by atoms with Gasteiger partial charge in [-0.3, -0.25) is 4.79 Å². The summed E-state index contributed by atoms with van der Waals surface area (Å²) in [5, 5.41) is 8.87. The number of carboxylic acid groups (broad SMARTS) is 1. The summed E-state index contributed by atoms with van der Waals surface area (Å²) in [7, 11) is 0. The molecule has 0 saturated carbocycles. The van der Waals surface area contributed by atoms with Gasteiger partial charge in [0.2, 0.25) is 0 Å². The standard InChI is InChI=1S/C14H23NO4/c1-3-14(2)6-8-15(9-7-14)12(16)10-4-5-11(19-10)13(17)18/h10-11H,3-9H2,1-2H3,(H,17,18). The first kappa shape index (κ1) is 14.3. The molecule has 0 aromatic carbocycles. The summed E-state index contributed by atoms with van der Waals surface area (Å²) in [6.07, 6.45) is 2.78. The average Bonchev–Trinajstić information content (AvgIpc) is 2.88. The molecule has 2 rings (SSSR count). The molecule has 2 atom stereocenters. The van der Waals surface area contributed by atoms with E-state index in [-0.39, 0.29) is 5.91 Å². The summed E-state index contributed by atoms with van der Waals surface area (Å²) >= 11 is 0. The van der Waals surface area contributed by atoms with Crippen molar-refractivity contribution in [3.05, 3.63) is 0 Å². The fourth-order valence-corrected chi connectivity index (χ4v) is 2.82. The first-order chi connectivity index (χ1) is 8.95. The molecule has 0 aliphatic carbocycles. The molecule has 0 spiro atoms. The topological polar surface area (TPSA) is 66.8 Å². The van der Waals surface area contributed by atoms with E-state index >= 15 is 0 Å². The van der Waals surface area contributed by atoms with Gasteiger partial charge in [0, 0.05) is 13.1 Å². The highest BCUT2D eigenvalue weighted by atomic mass is 16.5. The number of carbonyl (C=O) groups is 2. The molecule has 0 aromatic heterocycles.